The van der Waals surface area contributed by atoms with Crippen molar-refractivity contribution in [3.63, 3.8) is 0 Å². The molecule has 4 heteroatoms. The van der Waals surface area contributed by atoms with E-state index in [1.807, 2.05) is 39.0 Å². The number of likely N-dealkylation sites (tertiary alicyclic amines) is 1. The van der Waals surface area contributed by atoms with Crippen molar-refractivity contribution in [2.75, 3.05) is 13.1 Å². The van der Waals surface area contributed by atoms with Crippen LogP contribution in [0.15, 0.2) is 23.9 Å². The Morgan fingerprint density at radius 1 is 0.962 bits per heavy atom. The van der Waals surface area contributed by atoms with Gasteiger partial charge in [-0.05, 0) is 62.6 Å². The fourth-order valence-electron chi connectivity index (χ4n) is 4.30. The SMILES string of the molecule is Cc1ccc(C2=C(N3CC(C)CC(C)C3)C(=O)N(C(C)C)C2=O)cc1C. The first-order valence-corrected chi connectivity index (χ1v) is 9.65. The maximum atomic E-state index is 13.2. The Labute approximate surface area is 156 Å². The lowest BCUT2D eigenvalue weighted by Gasteiger charge is -2.37. The zero-order valence-electron chi connectivity index (χ0n) is 16.8. The zero-order chi connectivity index (χ0) is 19.2. The Morgan fingerprint density at radius 3 is 2.12 bits per heavy atom. The van der Waals surface area contributed by atoms with Crippen LogP contribution in [0.5, 0.6) is 0 Å². The summed E-state index contributed by atoms with van der Waals surface area (Å²) in [6.45, 7) is 14.0. The second kappa shape index (κ2) is 6.90. The van der Waals surface area contributed by atoms with Crippen LogP contribution in [-0.4, -0.2) is 40.7 Å². The van der Waals surface area contributed by atoms with Crippen LogP contribution in [0, 0.1) is 25.7 Å². The molecule has 0 aromatic heterocycles. The van der Waals surface area contributed by atoms with Crippen LogP contribution in [0.2, 0.25) is 0 Å². The van der Waals surface area contributed by atoms with E-state index in [1.165, 1.54) is 16.9 Å². The molecule has 1 fully saturated rings. The molecule has 4 nitrogen and oxygen atoms in total. The maximum Gasteiger partial charge on any atom is 0.278 e. The molecule has 0 bridgehead atoms. The third kappa shape index (κ3) is 3.17. The van der Waals surface area contributed by atoms with Gasteiger partial charge in [-0.25, -0.2) is 0 Å². The van der Waals surface area contributed by atoms with E-state index in [4.69, 9.17) is 0 Å². The molecule has 1 saturated heterocycles. The molecule has 0 radical (unpaired) electrons. The molecular weight excluding hydrogens is 324 g/mol. The monoisotopic (exact) mass is 354 g/mol. The first kappa shape index (κ1) is 18.7. The fourth-order valence-corrected chi connectivity index (χ4v) is 4.30. The molecule has 26 heavy (non-hydrogen) atoms. The Balaban J connectivity index is 2.14. The molecule has 2 heterocycles. The predicted octanol–water partition coefficient (Wildman–Crippen LogP) is 3.77. The number of carbonyl (C=O) groups excluding carboxylic acids is 2. The van der Waals surface area contributed by atoms with Gasteiger partial charge in [0, 0.05) is 19.1 Å². The van der Waals surface area contributed by atoms with Gasteiger partial charge in [0.1, 0.15) is 5.70 Å². The Kier molecular flexibility index (Phi) is 4.96. The van der Waals surface area contributed by atoms with Crippen LogP contribution in [0.1, 0.15) is 50.8 Å². The van der Waals surface area contributed by atoms with Gasteiger partial charge in [0.15, 0.2) is 0 Å². The molecule has 3 rings (SSSR count). The second-order valence-corrected chi connectivity index (χ2v) is 8.45. The van der Waals surface area contributed by atoms with E-state index in [1.54, 1.807) is 0 Å². The van der Waals surface area contributed by atoms with Gasteiger partial charge in [0.05, 0.1) is 5.57 Å². The molecular formula is C22H30N2O2. The molecule has 0 spiro atoms. The summed E-state index contributed by atoms with van der Waals surface area (Å²) in [6, 6.07) is 5.90. The Morgan fingerprint density at radius 2 is 1.58 bits per heavy atom. The topological polar surface area (TPSA) is 40.6 Å². The fraction of sp³-hybridized carbons (Fsp3) is 0.545. The number of hydrogen-bond acceptors (Lipinski definition) is 3. The van der Waals surface area contributed by atoms with E-state index in [2.05, 4.69) is 25.7 Å². The van der Waals surface area contributed by atoms with E-state index in [-0.39, 0.29) is 17.9 Å². The van der Waals surface area contributed by atoms with E-state index >= 15 is 0 Å². The largest absolute Gasteiger partial charge is 0.366 e. The number of aryl methyl sites for hydroxylation is 2. The van der Waals surface area contributed by atoms with Crippen molar-refractivity contribution in [3.8, 4) is 0 Å². The summed E-state index contributed by atoms with van der Waals surface area (Å²) >= 11 is 0. The highest BCUT2D eigenvalue weighted by molar-refractivity contribution is 6.35. The van der Waals surface area contributed by atoms with Gasteiger partial charge >= 0.3 is 0 Å². The van der Waals surface area contributed by atoms with E-state index in [0.29, 0.717) is 23.1 Å². The quantitative estimate of drug-likeness (QED) is 0.776. The Bertz CT molecular complexity index is 768. The van der Waals surface area contributed by atoms with Crippen LogP contribution < -0.4 is 0 Å². The van der Waals surface area contributed by atoms with Gasteiger partial charge < -0.3 is 4.90 Å². The molecule has 1 aromatic rings. The number of amides is 2. The van der Waals surface area contributed by atoms with Crippen LogP contribution in [-0.2, 0) is 9.59 Å². The van der Waals surface area contributed by atoms with Gasteiger partial charge in [-0.1, -0.05) is 32.0 Å². The molecule has 2 atom stereocenters. The van der Waals surface area contributed by atoms with Gasteiger partial charge in [0.25, 0.3) is 11.8 Å². The summed E-state index contributed by atoms with van der Waals surface area (Å²) in [5.74, 6) is 0.736. The molecule has 0 N–H and O–H groups in total. The summed E-state index contributed by atoms with van der Waals surface area (Å²) in [7, 11) is 0. The first-order chi connectivity index (χ1) is 12.2. The lowest BCUT2D eigenvalue weighted by molar-refractivity contribution is -0.139. The number of piperidine rings is 1. The summed E-state index contributed by atoms with van der Waals surface area (Å²) in [5, 5.41) is 0. The van der Waals surface area contributed by atoms with E-state index in [9.17, 15) is 9.59 Å². The minimum absolute atomic E-state index is 0.139. The molecule has 1 aromatic carbocycles. The minimum Gasteiger partial charge on any atom is -0.366 e. The van der Waals surface area contributed by atoms with Crippen LogP contribution in [0.25, 0.3) is 5.57 Å². The highest BCUT2D eigenvalue weighted by atomic mass is 16.2. The number of carbonyl (C=O) groups is 2. The third-order valence-corrected chi connectivity index (χ3v) is 5.59. The zero-order valence-corrected chi connectivity index (χ0v) is 16.8. The van der Waals surface area contributed by atoms with E-state index in [0.717, 1.165) is 24.2 Å². The molecule has 0 aliphatic carbocycles. The molecule has 2 aliphatic rings. The van der Waals surface area contributed by atoms with Crippen molar-refractivity contribution in [2.24, 2.45) is 11.8 Å². The van der Waals surface area contributed by atoms with Crippen LogP contribution >= 0.6 is 0 Å². The summed E-state index contributed by atoms with van der Waals surface area (Å²) in [5.41, 5.74) is 4.36. The van der Waals surface area contributed by atoms with Crippen LogP contribution in [0.3, 0.4) is 0 Å². The second-order valence-electron chi connectivity index (χ2n) is 8.45. The van der Waals surface area contributed by atoms with Crippen molar-refractivity contribution >= 4 is 17.4 Å². The molecule has 0 saturated carbocycles. The third-order valence-electron chi connectivity index (χ3n) is 5.59. The van der Waals surface area contributed by atoms with Crippen molar-refractivity contribution < 1.29 is 9.59 Å². The van der Waals surface area contributed by atoms with Crippen molar-refractivity contribution in [1.29, 1.82) is 0 Å². The number of nitrogens with zero attached hydrogens (tertiary/aromatic N) is 2. The Hall–Kier alpha value is -2.10. The number of hydrogen-bond donors (Lipinski definition) is 0. The van der Waals surface area contributed by atoms with Gasteiger partial charge in [-0.15, -0.1) is 0 Å². The number of benzene rings is 1. The standard InChI is InChI=1S/C22H30N2O2/c1-13(2)24-21(25)19(18-8-7-16(5)17(6)10-18)20(22(24)26)23-11-14(3)9-15(4)12-23/h7-8,10,13-15H,9,11-12H2,1-6H3. The van der Waals surface area contributed by atoms with Gasteiger partial charge in [-0.3, -0.25) is 14.5 Å². The molecule has 2 amide bonds. The molecule has 2 unspecified atom stereocenters. The summed E-state index contributed by atoms with van der Waals surface area (Å²) in [4.78, 5) is 30.0. The van der Waals surface area contributed by atoms with Crippen LogP contribution in [0.4, 0.5) is 0 Å². The van der Waals surface area contributed by atoms with Gasteiger partial charge in [0.2, 0.25) is 0 Å². The molecule has 140 valence electrons. The minimum atomic E-state index is -0.158. The highest BCUT2D eigenvalue weighted by Gasteiger charge is 2.43. The maximum absolute atomic E-state index is 13.2. The average Bonchev–Trinajstić information content (AvgIpc) is 2.80. The van der Waals surface area contributed by atoms with Crippen molar-refractivity contribution in [2.45, 2.75) is 54.0 Å². The number of imide groups is 1. The van der Waals surface area contributed by atoms with Crippen molar-refractivity contribution in [3.05, 3.63) is 40.6 Å². The van der Waals surface area contributed by atoms with E-state index < -0.39 is 0 Å². The number of rotatable bonds is 3. The first-order valence-electron chi connectivity index (χ1n) is 9.65. The summed E-state index contributed by atoms with van der Waals surface area (Å²) in [6.07, 6.45) is 1.17. The normalized spacial score (nSPS) is 24.3. The van der Waals surface area contributed by atoms with Gasteiger partial charge in [-0.2, -0.15) is 0 Å². The molecule has 2 aliphatic heterocycles. The van der Waals surface area contributed by atoms with Crippen molar-refractivity contribution in [1.82, 2.24) is 9.80 Å². The smallest absolute Gasteiger partial charge is 0.278 e. The lowest BCUT2D eigenvalue weighted by Crippen LogP contribution is -2.43. The lowest BCUT2D eigenvalue weighted by atomic mass is 9.90. The average molecular weight is 354 g/mol. The predicted molar refractivity (Wildman–Crippen MR) is 104 cm³/mol. The summed E-state index contributed by atoms with van der Waals surface area (Å²) < 4.78 is 0. The highest BCUT2D eigenvalue weighted by Crippen LogP contribution is 2.36.